The fourth-order valence-electron chi connectivity index (χ4n) is 10.8. The van der Waals surface area contributed by atoms with Crippen LogP contribution in [0.5, 0.6) is 0 Å². The fourth-order valence-corrected chi connectivity index (χ4v) is 10.8. The Hall–Kier alpha value is -9.37. The Morgan fingerprint density at radius 1 is 0.324 bits per heavy atom. The molecule has 582 valence electrons. The second-order valence-corrected chi connectivity index (χ2v) is 25.9. The van der Waals surface area contributed by atoms with E-state index in [0.717, 1.165) is 11.1 Å². The van der Waals surface area contributed by atoms with Crippen LogP contribution < -0.4 is 42.8 Å². The highest BCUT2D eigenvalue weighted by molar-refractivity contribution is 5.89. The van der Waals surface area contributed by atoms with Crippen LogP contribution in [0.4, 0.5) is 11.4 Å². The minimum absolute atomic E-state index is 0.00409. The van der Waals surface area contributed by atoms with Crippen LogP contribution in [0.2, 0.25) is 0 Å². The maximum Gasteiger partial charge on any atom is 0.335 e. The van der Waals surface area contributed by atoms with E-state index in [4.69, 9.17) is 10.2 Å². The Morgan fingerprint density at radius 3 is 1.20 bits per heavy atom. The van der Waals surface area contributed by atoms with Crippen molar-refractivity contribution >= 4 is 87.9 Å². The second-order valence-electron chi connectivity index (χ2n) is 25.9. The van der Waals surface area contributed by atoms with Crippen LogP contribution in [-0.4, -0.2) is 211 Å². The number of carbonyl (C=O) groups excluding carboxylic acids is 11. The third kappa shape index (κ3) is 40.5. The predicted octanol–water partition coefficient (Wildman–Crippen LogP) is 5.62. The number of carboxylic acids is 2. The van der Waals surface area contributed by atoms with E-state index in [1.165, 1.54) is 31.2 Å². The average Bonchev–Trinajstić information content (AvgIpc) is 0.785. The molecule has 12 N–H and O–H groups in total. The van der Waals surface area contributed by atoms with Gasteiger partial charge in [0, 0.05) is 169 Å². The zero-order valence-corrected chi connectivity index (χ0v) is 60.6. The van der Waals surface area contributed by atoms with Gasteiger partial charge in [0.15, 0.2) is 0 Å². The number of aryl methyl sites for hydroxylation is 1. The monoisotopic (exact) mass is 1480 g/mol. The first-order chi connectivity index (χ1) is 50.2. The van der Waals surface area contributed by atoms with E-state index < -0.39 is 46.4 Å². The van der Waals surface area contributed by atoms with E-state index in [9.17, 15) is 92.7 Å². The third-order valence-corrected chi connectivity index (χ3v) is 17.3. The summed E-state index contributed by atoms with van der Waals surface area (Å²) in [6.45, 7) is 4.35. The summed E-state index contributed by atoms with van der Waals surface area (Å²) < 4.78 is 0. The Kier molecular flexibility index (Phi) is 45.0. The molecule has 0 radical (unpaired) electrons. The van der Waals surface area contributed by atoms with Crippen LogP contribution in [0, 0.1) is 0 Å². The molecule has 0 unspecified atom stereocenters. The van der Waals surface area contributed by atoms with Gasteiger partial charge in [-0.05, 0) is 138 Å². The molecule has 0 bridgehead atoms. The molecule has 0 spiro atoms. The van der Waals surface area contributed by atoms with Crippen LogP contribution in [0.3, 0.4) is 0 Å². The van der Waals surface area contributed by atoms with Crippen molar-refractivity contribution < 1.29 is 93.4 Å². The number of ketones is 3. The van der Waals surface area contributed by atoms with Gasteiger partial charge in [-0.3, -0.25) is 88.1 Å². The average molecular weight is 1480 g/mol. The van der Waals surface area contributed by atoms with Crippen molar-refractivity contribution in [1.29, 1.82) is 0 Å². The van der Waals surface area contributed by atoms with Gasteiger partial charge >= 0.3 is 11.9 Å². The Labute approximate surface area is 611 Å². The molecule has 0 fully saturated rings. The van der Waals surface area contributed by atoms with Gasteiger partial charge in [0.1, 0.15) is 28.7 Å². The van der Waals surface area contributed by atoms with Crippen molar-refractivity contribution in [2.24, 2.45) is 0 Å². The summed E-state index contributed by atoms with van der Waals surface area (Å²) in [5, 5.41) is 77.5. The zero-order valence-electron chi connectivity index (χ0n) is 60.6. The molecular weight excluding hydrogens is 1370 g/mol. The van der Waals surface area contributed by atoms with Gasteiger partial charge in [0.25, 0.3) is 10.9 Å². The van der Waals surface area contributed by atoms with E-state index in [1.807, 2.05) is 4.90 Å². The molecule has 32 heteroatoms. The normalized spacial score (nSPS) is 11.0. The van der Waals surface area contributed by atoms with Crippen molar-refractivity contribution in [3.8, 4) is 0 Å². The fraction of sp³-hybridized carbons (Fsp3) is 0.603. The molecule has 0 saturated carbocycles. The van der Waals surface area contributed by atoms with Gasteiger partial charge in [-0.15, -0.1) is 0 Å². The molecular formula is C73H109N11O21. The topological polar surface area (TPSA) is 466 Å². The molecule has 0 aliphatic carbocycles. The number of nitrogens with zero attached hydrogens (tertiary/aromatic N) is 5. The minimum Gasteiger partial charge on any atom is -0.478 e. The summed E-state index contributed by atoms with van der Waals surface area (Å²) in [5.41, 5.74) is 0.709. The SMILES string of the molecule is CC(=O)N(O)CCCCCNC(=O)CCC(=O)N(O)CCCCCNC(=O)CCC(=O)N(O)CCCCCCC(=O)CCC(=O)N(O)CCCCCNc1c(NCCN(CCCC(=O)CCCC(=O)CCc2ccc(C(=O)O)cc2)CCNC(=O)CCCC(=O)NCc2ccc(C(=O)O)cc2)c(=O)c1=O. The summed E-state index contributed by atoms with van der Waals surface area (Å²) in [6, 6.07) is 12.4. The molecule has 0 aliphatic rings. The molecule has 0 aliphatic heterocycles. The standard InChI is InChI=1S/C73H109N11O21/c1-53(85)81(102)46-12-4-8-40-74-63(91)36-39-67(95)84(105)49-13-5-9-41-75-64(92)35-38-66(94)83(104)47-11-3-2-7-18-59(87)34-37-65(93)82(103)48-14-6-10-42-77-68-69(71(97)70(68)96)78-44-51-80(45-17-21-58(86)19-15-20-60(88)33-28-54-24-29-56(30-25-54)72(98)99)50-43-76-61(89)22-16-23-62(90)79-52-55-26-31-57(32-27-55)73(100)101/h24-27,29-32,77-78,102-105H,2-23,28,33-52H2,1H3,(H,74,91)(H,75,92)(H,76,89)(H,79,90)(H,98,99)(H,100,101). The van der Waals surface area contributed by atoms with Gasteiger partial charge < -0.3 is 42.1 Å². The number of hydrogen-bond acceptors (Lipinski definition) is 22. The lowest BCUT2D eigenvalue weighted by molar-refractivity contribution is -0.166. The molecule has 0 saturated heterocycles. The third-order valence-electron chi connectivity index (χ3n) is 17.3. The van der Waals surface area contributed by atoms with Gasteiger partial charge in [0.2, 0.25) is 47.3 Å². The zero-order chi connectivity index (χ0) is 77.3. The number of nitrogens with one attached hydrogen (secondary N) is 6. The molecule has 0 aromatic heterocycles. The van der Waals surface area contributed by atoms with E-state index in [2.05, 4.69) is 31.9 Å². The second kappa shape index (κ2) is 52.6. The summed E-state index contributed by atoms with van der Waals surface area (Å²) in [6.07, 6.45) is 9.15. The Bertz CT molecular complexity index is 3230. The first kappa shape index (κ1) is 89.8. The summed E-state index contributed by atoms with van der Waals surface area (Å²) in [7, 11) is 0. The first-order valence-corrected chi connectivity index (χ1v) is 36.5. The van der Waals surface area contributed by atoms with Crippen molar-refractivity contribution in [1.82, 2.24) is 46.4 Å². The quantitative estimate of drug-likeness (QED) is 0.0141. The minimum atomic E-state index is -1.06. The highest BCUT2D eigenvalue weighted by Crippen LogP contribution is 2.17. The Morgan fingerprint density at radius 2 is 0.695 bits per heavy atom. The lowest BCUT2D eigenvalue weighted by Crippen LogP contribution is -2.41. The van der Waals surface area contributed by atoms with Gasteiger partial charge in [-0.2, -0.15) is 0 Å². The number of hydroxylamine groups is 8. The lowest BCUT2D eigenvalue weighted by atomic mass is 10.0. The maximum atomic E-state index is 12.9. The molecule has 3 aromatic carbocycles. The number of Topliss-reactive ketones (excluding diaryl/α,β-unsaturated/α-hetero) is 3. The predicted molar refractivity (Wildman–Crippen MR) is 385 cm³/mol. The number of benzene rings is 2. The smallest absolute Gasteiger partial charge is 0.335 e. The number of carbonyl (C=O) groups is 13. The van der Waals surface area contributed by atoms with E-state index in [0.29, 0.717) is 162 Å². The van der Waals surface area contributed by atoms with E-state index in [1.54, 1.807) is 24.3 Å². The van der Waals surface area contributed by atoms with Crippen molar-refractivity contribution in [2.45, 2.75) is 206 Å². The molecule has 32 nitrogen and oxygen atoms in total. The van der Waals surface area contributed by atoms with Crippen LogP contribution in [-0.2, 0) is 65.7 Å². The molecule has 3 aromatic rings. The number of carboxylic acid groups (broad SMARTS) is 2. The number of unbranched alkanes of at least 4 members (excludes halogenated alkanes) is 9. The van der Waals surface area contributed by atoms with Crippen LogP contribution in [0.1, 0.15) is 225 Å². The lowest BCUT2D eigenvalue weighted by Gasteiger charge is -2.23. The van der Waals surface area contributed by atoms with Crippen LogP contribution in [0.25, 0.3) is 0 Å². The van der Waals surface area contributed by atoms with Crippen molar-refractivity contribution in [3.05, 3.63) is 91.2 Å². The van der Waals surface area contributed by atoms with Crippen LogP contribution >= 0.6 is 0 Å². The number of amides is 8. The number of rotatable bonds is 61. The largest absolute Gasteiger partial charge is 0.478 e. The van der Waals surface area contributed by atoms with E-state index >= 15 is 0 Å². The highest BCUT2D eigenvalue weighted by Gasteiger charge is 2.22. The molecule has 0 atom stereocenters. The van der Waals surface area contributed by atoms with Crippen molar-refractivity contribution in [3.63, 3.8) is 0 Å². The van der Waals surface area contributed by atoms with Crippen molar-refractivity contribution in [2.75, 3.05) is 89.2 Å². The van der Waals surface area contributed by atoms with Crippen LogP contribution in [0.15, 0.2) is 58.1 Å². The van der Waals surface area contributed by atoms with Gasteiger partial charge in [0.05, 0.1) is 11.1 Å². The maximum absolute atomic E-state index is 12.9. The number of aromatic carboxylic acids is 2. The van der Waals surface area contributed by atoms with Gasteiger partial charge in [-0.25, -0.2) is 29.8 Å². The number of anilines is 2. The number of hydrogen-bond donors (Lipinski definition) is 12. The highest BCUT2D eigenvalue weighted by atomic mass is 16.5. The summed E-state index contributed by atoms with van der Waals surface area (Å²) in [4.78, 5) is 185. The molecule has 3 rings (SSSR count). The first-order valence-electron chi connectivity index (χ1n) is 36.5. The summed E-state index contributed by atoms with van der Waals surface area (Å²) in [5.74, 6) is -5.82. The van der Waals surface area contributed by atoms with Gasteiger partial charge in [-0.1, -0.05) is 37.1 Å². The van der Waals surface area contributed by atoms with E-state index in [-0.39, 0.29) is 199 Å². The Balaban J connectivity index is 1.25. The summed E-state index contributed by atoms with van der Waals surface area (Å²) >= 11 is 0. The molecule has 105 heavy (non-hydrogen) atoms. The molecule has 8 amide bonds. The molecule has 0 heterocycles.